The molecule has 136 valence electrons. The van der Waals surface area contributed by atoms with Crippen molar-refractivity contribution in [1.29, 1.82) is 0 Å². The van der Waals surface area contributed by atoms with Gasteiger partial charge >= 0.3 is 0 Å². The van der Waals surface area contributed by atoms with Gasteiger partial charge in [0.1, 0.15) is 5.03 Å². The Kier molecular flexibility index (Phi) is 6.22. The maximum absolute atomic E-state index is 12.1. The molecule has 2 aromatic rings. The second-order valence-electron chi connectivity index (χ2n) is 6.25. The van der Waals surface area contributed by atoms with E-state index in [-0.39, 0.29) is 17.4 Å². The van der Waals surface area contributed by atoms with Crippen LogP contribution >= 0.6 is 11.8 Å². The Labute approximate surface area is 157 Å². The van der Waals surface area contributed by atoms with Crippen LogP contribution in [0.25, 0.3) is 0 Å². The van der Waals surface area contributed by atoms with Crippen molar-refractivity contribution in [3.63, 3.8) is 0 Å². The fourth-order valence-electron chi connectivity index (χ4n) is 2.81. The number of hydrogen-bond donors (Lipinski definition) is 1. The molecule has 1 aliphatic heterocycles. The third kappa shape index (κ3) is 5.05. The Hall–Kier alpha value is -2.41. The van der Waals surface area contributed by atoms with Gasteiger partial charge in [-0.1, -0.05) is 11.8 Å². The minimum atomic E-state index is -0.118. The minimum Gasteiger partial charge on any atom is -0.355 e. The summed E-state index contributed by atoms with van der Waals surface area (Å²) >= 11 is 1.35. The first-order valence-electron chi connectivity index (χ1n) is 8.74. The zero-order valence-electron chi connectivity index (χ0n) is 14.8. The number of piperidine rings is 1. The zero-order chi connectivity index (χ0) is 18.4. The van der Waals surface area contributed by atoms with Crippen LogP contribution in [0, 0.1) is 0 Å². The van der Waals surface area contributed by atoms with Crippen molar-refractivity contribution in [2.45, 2.75) is 31.2 Å². The summed E-state index contributed by atoms with van der Waals surface area (Å²) in [7, 11) is 0. The number of nitrogens with zero attached hydrogens (tertiary/aromatic N) is 3. The molecule has 1 aliphatic rings. The second kappa shape index (κ2) is 8.80. The molecule has 26 heavy (non-hydrogen) atoms. The third-order valence-corrected chi connectivity index (χ3v) is 5.15. The van der Waals surface area contributed by atoms with Crippen LogP contribution in [0.5, 0.6) is 0 Å². The van der Waals surface area contributed by atoms with E-state index in [0.29, 0.717) is 11.3 Å². The van der Waals surface area contributed by atoms with Gasteiger partial charge in [0.05, 0.1) is 5.75 Å². The van der Waals surface area contributed by atoms with E-state index in [2.05, 4.69) is 20.4 Å². The highest BCUT2D eigenvalue weighted by Gasteiger charge is 2.13. The van der Waals surface area contributed by atoms with Gasteiger partial charge in [-0.2, -0.15) is 0 Å². The number of anilines is 2. The van der Waals surface area contributed by atoms with Gasteiger partial charge in [0, 0.05) is 24.3 Å². The fraction of sp³-hybridized carbons (Fsp3) is 0.368. The first kappa shape index (κ1) is 18.4. The number of benzene rings is 1. The van der Waals surface area contributed by atoms with Gasteiger partial charge in [0.25, 0.3) is 0 Å². The monoisotopic (exact) mass is 370 g/mol. The average molecular weight is 370 g/mol. The molecule has 0 atom stereocenters. The Morgan fingerprint density at radius 2 is 1.77 bits per heavy atom. The number of amides is 1. The SMILES string of the molecule is CC(=O)c1ccc(NC(=O)CSc2ccc(N3CCCCC3)nn2)cc1. The molecule has 1 aromatic heterocycles. The van der Waals surface area contributed by atoms with E-state index in [9.17, 15) is 9.59 Å². The van der Waals surface area contributed by atoms with Gasteiger partial charge in [-0.25, -0.2) is 0 Å². The van der Waals surface area contributed by atoms with Gasteiger partial charge in [-0.15, -0.1) is 10.2 Å². The molecule has 0 unspecified atom stereocenters. The van der Waals surface area contributed by atoms with Crippen molar-refractivity contribution in [2.75, 3.05) is 29.1 Å². The van der Waals surface area contributed by atoms with Gasteiger partial charge in [0.15, 0.2) is 11.6 Å². The summed E-state index contributed by atoms with van der Waals surface area (Å²) in [6.45, 7) is 3.58. The summed E-state index contributed by atoms with van der Waals surface area (Å²) in [6, 6.07) is 10.8. The first-order valence-corrected chi connectivity index (χ1v) is 9.73. The topological polar surface area (TPSA) is 75.2 Å². The molecule has 0 aliphatic carbocycles. The molecule has 3 rings (SSSR count). The molecule has 0 saturated carbocycles. The van der Waals surface area contributed by atoms with Crippen molar-refractivity contribution >= 4 is 35.0 Å². The fourth-order valence-corrected chi connectivity index (χ4v) is 3.42. The average Bonchev–Trinajstić information content (AvgIpc) is 2.68. The van der Waals surface area contributed by atoms with Gasteiger partial charge in [-0.05, 0) is 62.6 Å². The van der Waals surface area contributed by atoms with Crippen molar-refractivity contribution in [1.82, 2.24) is 10.2 Å². The Morgan fingerprint density at radius 3 is 2.38 bits per heavy atom. The van der Waals surface area contributed by atoms with Gasteiger partial charge in [-0.3, -0.25) is 9.59 Å². The van der Waals surface area contributed by atoms with E-state index in [0.717, 1.165) is 23.9 Å². The highest BCUT2D eigenvalue weighted by Crippen LogP contribution is 2.20. The van der Waals surface area contributed by atoms with E-state index < -0.39 is 0 Å². The molecule has 7 heteroatoms. The van der Waals surface area contributed by atoms with Crippen LogP contribution in [0.15, 0.2) is 41.4 Å². The van der Waals surface area contributed by atoms with E-state index in [1.807, 2.05) is 12.1 Å². The predicted molar refractivity (Wildman–Crippen MR) is 104 cm³/mol. The number of carbonyl (C=O) groups is 2. The summed E-state index contributed by atoms with van der Waals surface area (Å²) in [5, 5.41) is 12.0. The number of nitrogens with one attached hydrogen (secondary N) is 1. The van der Waals surface area contributed by atoms with Crippen LogP contribution in [-0.4, -0.2) is 40.7 Å². The lowest BCUT2D eigenvalue weighted by molar-refractivity contribution is -0.113. The summed E-state index contributed by atoms with van der Waals surface area (Å²) in [6.07, 6.45) is 3.68. The van der Waals surface area contributed by atoms with Gasteiger partial charge < -0.3 is 10.2 Å². The Morgan fingerprint density at radius 1 is 1.04 bits per heavy atom. The zero-order valence-corrected chi connectivity index (χ0v) is 15.6. The van der Waals surface area contributed by atoms with E-state index in [1.54, 1.807) is 24.3 Å². The number of aromatic nitrogens is 2. The Balaban J connectivity index is 1.48. The van der Waals surface area contributed by atoms with Crippen LogP contribution in [0.2, 0.25) is 0 Å². The lowest BCUT2D eigenvalue weighted by Crippen LogP contribution is -2.30. The molecule has 1 aromatic carbocycles. The largest absolute Gasteiger partial charge is 0.355 e. The molecule has 1 fully saturated rings. The van der Waals surface area contributed by atoms with Crippen LogP contribution in [0.3, 0.4) is 0 Å². The van der Waals surface area contributed by atoms with Gasteiger partial charge in [0.2, 0.25) is 5.91 Å². The van der Waals surface area contributed by atoms with Crippen LogP contribution in [0.1, 0.15) is 36.5 Å². The molecule has 6 nitrogen and oxygen atoms in total. The number of thioether (sulfide) groups is 1. The lowest BCUT2D eigenvalue weighted by atomic mass is 10.1. The highest BCUT2D eigenvalue weighted by atomic mass is 32.2. The first-order chi connectivity index (χ1) is 12.6. The normalized spacial score (nSPS) is 14.1. The lowest BCUT2D eigenvalue weighted by Gasteiger charge is -2.27. The summed E-state index contributed by atoms with van der Waals surface area (Å²) in [4.78, 5) is 25.6. The molecule has 0 spiro atoms. The summed E-state index contributed by atoms with van der Waals surface area (Å²) < 4.78 is 0. The molecular weight excluding hydrogens is 348 g/mol. The highest BCUT2D eigenvalue weighted by molar-refractivity contribution is 7.99. The maximum Gasteiger partial charge on any atom is 0.234 e. The molecule has 1 amide bonds. The van der Waals surface area contributed by atoms with Crippen LogP contribution in [0.4, 0.5) is 11.5 Å². The van der Waals surface area contributed by atoms with Crippen molar-refractivity contribution < 1.29 is 9.59 Å². The van der Waals surface area contributed by atoms with Crippen LogP contribution < -0.4 is 10.2 Å². The molecule has 2 heterocycles. The van der Waals surface area contributed by atoms with Crippen LogP contribution in [-0.2, 0) is 4.79 Å². The number of ketones is 1. The smallest absolute Gasteiger partial charge is 0.234 e. The second-order valence-corrected chi connectivity index (χ2v) is 7.24. The van der Waals surface area contributed by atoms with Crippen molar-refractivity contribution in [3.05, 3.63) is 42.0 Å². The van der Waals surface area contributed by atoms with Crippen molar-refractivity contribution in [2.24, 2.45) is 0 Å². The molecule has 0 bridgehead atoms. The number of rotatable bonds is 6. The minimum absolute atomic E-state index is 0.00464. The summed E-state index contributed by atoms with van der Waals surface area (Å²) in [5.74, 6) is 1.05. The number of carbonyl (C=O) groups excluding carboxylic acids is 2. The molecular formula is C19H22N4O2S. The van der Waals surface area contributed by atoms with E-state index >= 15 is 0 Å². The summed E-state index contributed by atoms with van der Waals surface area (Å²) in [5.41, 5.74) is 1.30. The predicted octanol–water partition coefficient (Wildman–Crippen LogP) is 3.40. The quantitative estimate of drug-likeness (QED) is 0.620. The van der Waals surface area contributed by atoms with E-state index in [4.69, 9.17) is 0 Å². The molecule has 1 N–H and O–H groups in total. The number of Topliss-reactive ketones (excluding diaryl/α,β-unsaturated/α-hetero) is 1. The van der Waals surface area contributed by atoms with Crippen molar-refractivity contribution in [3.8, 4) is 0 Å². The maximum atomic E-state index is 12.1. The number of hydrogen-bond acceptors (Lipinski definition) is 6. The van der Waals surface area contributed by atoms with E-state index in [1.165, 1.54) is 37.9 Å². The Bertz CT molecular complexity index is 756. The molecule has 1 saturated heterocycles. The molecule has 0 radical (unpaired) electrons. The standard InChI is InChI=1S/C19H22N4O2S/c1-14(24)15-5-7-16(8-6-15)20-18(25)13-26-19-10-9-17(21-22-19)23-11-3-2-4-12-23/h5-10H,2-4,11-13H2,1H3,(H,20,25). The third-order valence-electron chi connectivity index (χ3n) is 4.23.